The van der Waals surface area contributed by atoms with Crippen LogP contribution in [0.15, 0.2) is 54.6 Å². The molecule has 0 aliphatic carbocycles. The van der Waals surface area contributed by atoms with Crippen LogP contribution in [0.4, 0.5) is 10.1 Å². The standard InChI is InChI=1S/C26H36FN3O4S/c1-5-20(2)28-26(32)21(3)29(19-17-22-12-7-6-8-13-22)25(31)16-11-18-30(35(4,33)34)24-15-10-9-14-23(24)27/h6-10,12-15,20-21H,5,11,16-19H2,1-4H3,(H,28,32). The van der Waals surface area contributed by atoms with Crippen molar-refractivity contribution in [2.45, 2.75) is 58.5 Å². The molecule has 2 amide bonds. The van der Waals surface area contributed by atoms with E-state index in [1.807, 2.05) is 44.2 Å². The molecule has 1 N–H and O–H groups in total. The van der Waals surface area contributed by atoms with Gasteiger partial charge in [-0.25, -0.2) is 12.8 Å². The molecular formula is C26H36FN3O4S. The highest BCUT2D eigenvalue weighted by Crippen LogP contribution is 2.22. The summed E-state index contributed by atoms with van der Waals surface area (Å²) in [5.41, 5.74) is 0.993. The topological polar surface area (TPSA) is 86.8 Å². The smallest absolute Gasteiger partial charge is 0.242 e. The summed E-state index contributed by atoms with van der Waals surface area (Å²) < 4.78 is 39.8. The number of sulfonamides is 1. The highest BCUT2D eigenvalue weighted by atomic mass is 32.2. The van der Waals surface area contributed by atoms with E-state index >= 15 is 0 Å². The van der Waals surface area contributed by atoms with Gasteiger partial charge >= 0.3 is 0 Å². The van der Waals surface area contributed by atoms with Gasteiger partial charge in [-0.1, -0.05) is 49.4 Å². The molecular weight excluding hydrogens is 469 g/mol. The fraction of sp³-hybridized carbons (Fsp3) is 0.462. The Balaban J connectivity index is 2.12. The third-order valence-corrected chi connectivity index (χ3v) is 7.11. The van der Waals surface area contributed by atoms with Crippen molar-refractivity contribution in [2.24, 2.45) is 0 Å². The Morgan fingerprint density at radius 1 is 1.00 bits per heavy atom. The molecule has 2 unspecified atom stereocenters. The number of amides is 2. The maximum atomic E-state index is 14.2. The highest BCUT2D eigenvalue weighted by Gasteiger charge is 2.27. The number of benzene rings is 2. The van der Waals surface area contributed by atoms with Gasteiger partial charge in [0.1, 0.15) is 11.9 Å². The number of hydrogen-bond acceptors (Lipinski definition) is 4. The number of anilines is 1. The van der Waals surface area contributed by atoms with Crippen LogP contribution in [0.3, 0.4) is 0 Å². The van der Waals surface area contributed by atoms with Crippen LogP contribution in [-0.4, -0.2) is 56.6 Å². The van der Waals surface area contributed by atoms with Crippen LogP contribution >= 0.6 is 0 Å². The Labute approximate surface area is 208 Å². The van der Waals surface area contributed by atoms with Gasteiger partial charge in [0.15, 0.2) is 0 Å². The highest BCUT2D eigenvalue weighted by molar-refractivity contribution is 7.92. The first-order valence-corrected chi connectivity index (χ1v) is 13.8. The van der Waals surface area contributed by atoms with E-state index in [9.17, 15) is 22.4 Å². The Bertz CT molecular complexity index is 1080. The molecule has 2 rings (SSSR count). The van der Waals surface area contributed by atoms with Crippen molar-refractivity contribution in [1.29, 1.82) is 0 Å². The molecule has 0 aromatic heterocycles. The summed E-state index contributed by atoms with van der Waals surface area (Å²) in [7, 11) is -3.75. The van der Waals surface area contributed by atoms with Crippen LogP contribution in [0, 0.1) is 5.82 Å². The normalized spacial score (nSPS) is 13.1. The Kier molecular flexibility index (Phi) is 10.7. The number of halogens is 1. The number of nitrogens with one attached hydrogen (secondary N) is 1. The molecule has 2 atom stereocenters. The van der Waals surface area contributed by atoms with Crippen molar-refractivity contribution in [3.8, 4) is 0 Å². The fourth-order valence-corrected chi connectivity index (χ4v) is 4.64. The predicted molar refractivity (Wildman–Crippen MR) is 137 cm³/mol. The van der Waals surface area contributed by atoms with Gasteiger partial charge < -0.3 is 10.2 Å². The summed E-state index contributed by atoms with van der Waals surface area (Å²) in [6, 6.07) is 14.6. The summed E-state index contributed by atoms with van der Waals surface area (Å²) >= 11 is 0. The van der Waals surface area contributed by atoms with Crippen molar-refractivity contribution in [1.82, 2.24) is 10.2 Å². The minimum atomic E-state index is -3.75. The Hall–Kier alpha value is -2.94. The molecule has 0 saturated carbocycles. The molecule has 0 spiro atoms. The third kappa shape index (κ3) is 8.65. The van der Waals surface area contributed by atoms with Crippen LogP contribution in [0.5, 0.6) is 0 Å². The van der Waals surface area contributed by atoms with E-state index in [2.05, 4.69) is 5.32 Å². The van der Waals surface area contributed by atoms with E-state index in [4.69, 9.17) is 0 Å². The number of carbonyl (C=O) groups is 2. The van der Waals surface area contributed by atoms with Gasteiger partial charge in [0, 0.05) is 25.6 Å². The number of para-hydroxylation sites is 1. The van der Waals surface area contributed by atoms with Crippen molar-refractivity contribution in [3.05, 3.63) is 66.0 Å². The average Bonchev–Trinajstić information content (AvgIpc) is 2.82. The van der Waals surface area contributed by atoms with E-state index in [0.717, 1.165) is 22.5 Å². The van der Waals surface area contributed by atoms with Gasteiger partial charge in [-0.05, 0) is 50.8 Å². The Morgan fingerprint density at radius 2 is 1.63 bits per heavy atom. The molecule has 2 aromatic carbocycles. The van der Waals surface area contributed by atoms with E-state index in [1.54, 1.807) is 17.9 Å². The quantitative estimate of drug-likeness (QED) is 0.449. The lowest BCUT2D eigenvalue weighted by atomic mass is 10.1. The first-order chi connectivity index (χ1) is 16.5. The summed E-state index contributed by atoms with van der Waals surface area (Å²) in [5.74, 6) is -1.14. The van der Waals surface area contributed by atoms with E-state index < -0.39 is 21.9 Å². The van der Waals surface area contributed by atoms with Crippen LogP contribution in [0.25, 0.3) is 0 Å². The summed E-state index contributed by atoms with van der Waals surface area (Å²) in [4.78, 5) is 27.5. The van der Waals surface area contributed by atoms with Gasteiger partial charge in [-0.3, -0.25) is 13.9 Å². The van der Waals surface area contributed by atoms with Crippen LogP contribution in [0.2, 0.25) is 0 Å². The van der Waals surface area contributed by atoms with Gasteiger partial charge in [0.05, 0.1) is 11.9 Å². The van der Waals surface area contributed by atoms with E-state index in [1.165, 1.54) is 18.2 Å². The lowest BCUT2D eigenvalue weighted by Gasteiger charge is -2.30. The van der Waals surface area contributed by atoms with Gasteiger partial charge in [-0.2, -0.15) is 0 Å². The molecule has 192 valence electrons. The predicted octanol–water partition coefficient (Wildman–Crippen LogP) is 3.75. The van der Waals surface area contributed by atoms with E-state index in [-0.39, 0.29) is 42.9 Å². The lowest BCUT2D eigenvalue weighted by molar-refractivity contribution is -0.140. The maximum absolute atomic E-state index is 14.2. The maximum Gasteiger partial charge on any atom is 0.242 e. The zero-order valence-corrected chi connectivity index (χ0v) is 21.7. The SMILES string of the molecule is CCC(C)NC(=O)C(C)N(CCc1ccccc1)C(=O)CCCN(c1ccccc1F)S(C)(=O)=O. The number of carbonyl (C=O) groups excluding carboxylic acids is 2. The van der Waals surface area contributed by atoms with Gasteiger partial charge in [0.2, 0.25) is 21.8 Å². The molecule has 0 heterocycles. The lowest BCUT2D eigenvalue weighted by Crippen LogP contribution is -2.50. The molecule has 35 heavy (non-hydrogen) atoms. The Morgan fingerprint density at radius 3 is 2.23 bits per heavy atom. The third-order valence-electron chi connectivity index (χ3n) is 5.93. The molecule has 0 aliphatic heterocycles. The number of rotatable bonds is 13. The minimum absolute atomic E-state index is 0.0138. The molecule has 7 nitrogen and oxygen atoms in total. The molecule has 0 fully saturated rings. The molecule has 0 aliphatic rings. The largest absolute Gasteiger partial charge is 0.352 e. The average molecular weight is 506 g/mol. The zero-order chi connectivity index (χ0) is 26.0. The zero-order valence-electron chi connectivity index (χ0n) is 20.9. The summed E-state index contributed by atoms with van der Waals surface area (Å²) in [6.45, 7) is 5.87. The van der Waals surface area contributed by atoms with Crippen LogP contribution < -0.4 is 9.62 Å². The minimum Gasteiger partial charge on any atom is -0.352 e. The second kappa shape index (κ2) is 13.2. The van der Waals surface area contributed by atoms with Crippen molar-refractivity contribution in [2.75, 3.05) is 23.7 Å². The van der Waals surface area contributed by atoms with Crippen LogP contribution in [-0.2, 0) is 26.0 Å². The summed E-state index contributed by atoms with van der Waals surface area (Å²) in [6.07, 6.45) is 2.57. The van der Waals surface area contributed by atoms with Crippen molar-refractivity contribution < 1.29 is 22.4 Å². The fourth-order valence-electron chi connectivity index (χ4n) is 3.67. The second-order valence-corrected chi connectivity index (χ2v) is 10.6. The number of hydrogen-bond donors (Lipinski definition) is 1. The molecule has 0 saturated heterocycles. The molecule has 9 heteroatoms. The van der Waals surface area contributed by atoms with Gasteiger partial charge in [-0.15, -0.1) is 0 Å². The second-order valence-electron chi connectivity index (χ2n) is 8.71. The monoisotopic (exact) mass is 505 g/mol. The molecule has 2 aromatic rings. The first kappa shape index (κ1) is 28.3. The van der Waals surface area contributed by atoms with Crippen molar-refractivity contribution in [3.63, 3.8) is 0 Å². The summed E-state index contributed by atoms with van der Waals surface area (Å²) in [5, 5.41) is 2.92. The van der Waals surface area contributed by atoms with Gasteiger partial charge in [0.25, 0.3) is 0 Å². The first-order valence-electron chi connectivity index (χ1n) is 11.9. The molecule has 0 radical (unpaired) electrons. The van der Waals surface area contributed by atoms with Crippen LogP contribution in [0.1, 0.15) is 45.6 Å². The molecule has 0 bridgehead atoms. The van der Waals surface area contributed by atoms with E-state index in [0.29, 0.717) is 13.0 Å². The van der Waals surface area contributed by atoms with Crippen molar-refractivity contribution >= 4 is 27.5 Å². The number of nitrogens with zero attached hydrogens (tertiary/aromatic N) is 2.